The number of carbonyl (C=O) groups is 2. The molecule has 1 saturated heterocycles. The second kappa shape index (κ2) is 10.9. The summed E-state index contributed by atoms with van der Waals surface area (Å²) in [5, 5.41) is 7.21. The lowest BCUT2D eigenvalue weighted by Gasteiger charge is -2.11. The Morgan fingerprint density at radius 3 is 2.70 bits per heavy atom. The first-order valence-electron chi connectivity index (χ1n) is 9.93. The summed E-state index contributed by atoms with van der Waals surface area (Å²) in [6.07, 6.45) is 1.24. The quantitative estimate of drug-likeness (QED) is 0.587. The molecule has 3 rings (SSSR count). The van der Waals surface area contributed by atoms with Crippen molar-refractivity contribution in [3.05, 3.63) is 53.6 Å². The Labute approximate surface area is 193 Å². The molecule has 1 fully saturated rings. The fourth-order valence-corrected chi connectivity index (χ4v) is 4.00. The molecule has 0 bridgehead atoms. The van der Waals surface area contributed by atoms with Crippen LogP contribution in [-0.2, 0) is 9.59 Å². The van der Waals surface area contributed by atoms with Crippen LogP contribution in [0.15, 0.2) is 46.5 Å². The van der Waals surface area contributed by atoms with Crippen molar-refractivity contribution in [1.82, 2.24) is 5.01 Å². The van der Waals surface area contributed by atoms with Crippen molar-refractivity contribution in [2.24, 2.45) is 10.1 Å². The van der Waals surface area contributed by atoms with Gasteiger partial charge in [-0.2, -0.15) is 10.1 Å². The number of methoxy groups -OCH3 is 1. The minimum atomic E-state index is -0.901. The molecular formula is C22H22F2N4O4S. The predicted molar refractivity (Wildman–Crippen MR) is 123 cm³/mol. The van der Waals surface area contributed by atoms with E-state index >= 15 is 0 Å². The van der Waals surface area contributed by atoms with E-state index in [9.17, 15) is 18.4 Å². The lowest BCUT2D eigenvalue weighted by Crippen LogP contribution is -2.30. The smallest absolute Gasteiger partial charge is 0.263 e. The molecule has 8 nitrogen and oxygen atoms in total. The molecule has 174 valence electrons. The van der Waals surface area contributed by atoms with E-state index in [1.54, 1.807) is 18.2 Å². The van der Waals surface area contributed by atoms with Crippen molar-refractivity contribution >= 4 is 40.6 Å². The van der Waals surface area contributed by atoms with Gasteiger partial charge >= 0.3 is 0 Å². The molecular weight excluding hydrogens is 454 g/mol. The minimum Gasteiger partial charge on any atom is -0.493 e. The second-order valence-corrected chi connectivity index (χ2v) is 7.90. The maximum atomic E-state index is 13.8. The number of hydrogen-bond donors (Lipinski definition) is 1. The molecule has 0 aliphatic carbocycles. The summed E-state index contributed by atoms with van der Waals surface area (Å²) in [4.78, 5) is 29.2. The molecule has 33 heavy (non-hydrogen) atoms. The van der Waals surface area contributed by atoms with Crippen LogP contribution in [0.2, 0.25) is 0 Å². The van der Waals surface area contributed by atoms with Gasteiger partial charge in [-0.05, 0) is 42.8 Å². The predicted octanol–water partition coefficient (Wildman–Crippen LogP) is 3.66. The maximum Gasteiger partial charge on any atom is 0.263 e. The third-order valence-electron chi connectivity index (χ3n) is 4.49. The summed E-state index contributed by atoms with van der Waals surface area (Å²) in [5.74, 6) is -1.58. The van der Waals surface area contributed by atoms with Gasteiger partial charge in [-0.25, -0.2) is 8.78 Å². The number of nitrogens with one attached hydrogen (secondary N) is 1. The van der Waals surface area contributed by atoms with Crippen LogP contribution < -0.4 is 14.8 Å². The van der Waals surface area contributed by atoms with E-state index in [1.165, 1.54) is 20.4 Å². The molecule has 0 spiro atoms. The number of anilines is 1. The van der Waals surface area contributed by atoms with Crippen LogP contribution in [0.1, 0.15) is 18.9 Å². The van der Waals surface area contributed by atoms with Crippen LogP contribution in [0.4, 0.5) is 14.5 Å². The van der Waals surface area contributed by atoms with Gasteiger partial charge in [0, 0.05) is 19.5 Å². The van der Waals surface area contributed by atoms with E-state index in [-0.39, 0.29) is 12.1 Å². The Morgan fingerprint density at radius 1 is 1.24 bits per heavy atom. The Bertz CT molecular complexity index is 1110. The molecule has 2 amide bonds. The van der Waals surface area contributed by atoms with Crippen molar-refractivity contribution in [3.63, 3.8) is 0 Å². The lowest BCUT2D eigenvalue weighted by molar-refractivity contribution is -0.128. The number of carbonyl (C=O) groups excluding carboxylic acids is 2. The number of rotatable bonds is 8. The minimum absolute atomic E-state index is 0.166. The first-order chi connectivity index (χ1) is 15.9. The fraction of sp³-hybridized carbons (Fsp3) is 0.273. The lowest BCUT2D eigenvalue weighted by atomic mass is 10.2. The van der Waals surface area contributed by atoms with E-state index in [1.807, 2.05) is 6.92 Å². The van der Waals surface area contributed by atoms with Crippen molar-refractivity contribution in [3.8, 4) is 11.5 Å². The molecule has 0 saturated carbocycles. The Kier molecular flexibility index (Phi) is 7.99. The van der Waals surface area contributed by atoms with Gasteiger partial charge in [0.25, 0.3) is 5.91 Å². The van der Waals surface area contributed by atoms with Crippen molar-refractivity contribution in [2.75, 3.05) is 26.1 Å². The maximum absolute atomic E-state index is 13.8. The van der Waals surface area contributed by atoms with Gasteiger partial charge in [0.15, 0.2) is 16.7 Å². The third kappa shape index (κ3) is 5.86. The molecule has 1 aliphatic rings. The molecule has 0 radical (unpaired) electrons. The normalized spacial score (nSPS) is 17.1. The second-order valence-electron chi connectivity index (χ2n) is 6.73. The molecule has 1 aliphatic heterocycles. The van der Waals surface area contributed by atoms with Gasteiger partial charge in [-0.15, -0.1) is 0 Å². The number of amides is 2. The first-order valence-corrected chi connectivity index (χ1v) is 10.8. The molecule has 2 aromatic rings. The van der Waals surface area contributed by atoms with Crippen LogP contribution in [0.3, 0.4) is 0 Å². The SMILES string of the molecule is CCOc1ccc(/C=N/N2C(=O)C(CC(=O)Nc3ccc(F)cc3F)SC2=NC)cc1OC. The van der Waals surface area contributed by atoms with Crippen LogP contribution in [0.25, 0.3) is 0 Å². The number of nitrogens with zero attached hydrogens (tertiary/aromatic N) is 3. The highest BCUT2D eigenvalue weighted by molar-refractivity contribution is 8.15. The fourth-order valence-electron chi connectivity index (χ4n) is 2.97. The van der Waals surface area contributed by atoms with Crippen LogP contribution in [0, 0.1) is 11.6 Å². The summed E-state index contributed by atoms with van der Waals surface area (Å²) in [5.41, 5.74) is 0.497. The average Bonchev–Trinajstić information content (AvgIpc) is 3.09. The van der Waals surface area contributed by atoms with Crippen molar-refractivity contribution in [2.45, 2.75) is 18.6 Å². The zero-order valence-corrected chi connectivity index (χ0v) is 19.0. The summed E-state index contributed by atoms with van der Waals surface area (Å²) < 4.78 is 37.6. The number of amidine groups is 1. The molecule has 11 heteroatoms. The van der Waals surface area contributed by atoms with Gasteiger partial charge in [0.05, 0.1) is 25.6 Å². The van der Waals surface area contributed by atoms with Crippen molar-refractivity contribution < 1.29 is 27.8 Å². The number of ether oxygens (including phenoxy) is 2. The van der Waals surface area contributed by atoms with Crippen LogP contribution >= 0.6 is 11.8 Å². The number of benzene rings is 2. The zero-order chi connectivity index (χ0) is 24.0. The van der Waals surface area contributed by atoms with E-state index in [0.717, 1.165) is 28.9 Å². The Morgan fingerprint density at radius 2 is 2.03 bits per heavy atom. The third-order valence-corrected chi connectivity index (χ3v) is 5.71. The molecule has 0 aromatic heterocycles. The standard InChI is InChI=1S/C22H22F2N4O4S/c1-4-32-17-8-5-13(9-18(17)31-3)12-26-28-21(30)19(33-22(28)25-2)11-20(29)27-16-7-6-14(23)10-15(16)24/h5-10,12,19H,4,11H2,1-3H3,(H,27,29)/b25-22?,26-12+. The van der Waals surface area contributed by atoms with Gasteiger partial charge in [-0.3, -0.25) is 14.6 Å². The molecule has 1 N–H and O–H groups in total. The van der Waals surface area contributed by atoms with Gasteiger partial charge in [0.2, 0.25) is 5.91 Å². The Hall–Kier alpha value is -3.47. The van der Waals surface area contributed by atoms with E-state index in [2.05, 4.69) is 15.4 Å². The molecule has 1 unspecified atom stereocenters. The van der Waals surface area contributed by atoms with Crippen LogP contribution in [0.5, 0.6) is 11.5 Å². The summed E-state index contributed by atoms with van der Waals surface area (Å²) in [6.45, 7) is 2.35. The van der Waals surface area contributed by atoms with E-state index in [0.29, 0.717) is 34.9 Å². The van der Waals surface area contributed by atoms with Gasteiger partial charge in [-0.1, -0.05) is 11.8 Å². The summed E-state index contributed by atoms with van der Waals surface area (Å²) in [7, 11) is 3.03. The molecule has 1 heterocycles. The zero-order valence-electron chi connectivity index (χ0n) is 18.2. The first kappa shape index (κ1) is 24.2. The Balaban J connectivity index is 1.69. The van der Waals surface area contributed by atoms with E-state index < -0.39 is 28.7 Å². The monoisotopic (exact) mass is 476 g/mol. The number of halogens is 2. The van der Waals surface area contributed by atoms with Gasteiger partial charge < -0.3 is 14.8 Å². The topological polar surface area (TPSA) is 92.6 Å². The molecule has 2 aromatic carbocycles. The summed E-state index contributed by atoms with van der Waals surface area (Å²) >= 11 is 1.08. The highest BCUT2D eigenvalue weighted by Gasteiger charge is 2.39. The van der Waals surface area contributed by atoms with Gasteiger partial charge in [0.1, 0.15) is 16.9 Å². The number of hydrazone groups is 1. The molecule has 1 atom stereocenters. The number of hydrogen-bond acceptors (Lipinski definition) is 7. The largest absolute Gasteiger partial charge is 0.493 e. The van der Waals surface area contributed by atoms with Crippen molar-refractivity contribution in [1.29, 1.82) is 0 Å². The highest BCUT2D eigenvalue weighted by atomic mass is 32.2. The van der Waals surface area contributed by atoms with Crippen LogP contribution in [-0.4, -0.2) is 54.2 Å². The highest BCUT2D eigenvalue weighted by Crippen LogP contribution is 2.31. The summed E-state index contributed by atoms with van der Waals surface area (Å²) in [6, 6.07) is 8.03. The number of thioether (sulfide) groups is 1. The van der Waals surface area contributed by atoms with E-state index in [4.69, 9.17) is 9.47 Å². The number of aliphatic imine (C=N–C) groups is 1. The average molecular weight is 477 g/mol.